The molecule has 5 nitrogen and oxygen atoms in total. The standard InChI is InChI=1S/C8H4BrCl2N3O2S2/c9-7-4(10)3-6(17-7)18(15,16)14-5-1-2-12-8(11)13-5/h1-3H,(H,12,13,14). The summed E-state index contributed by atoms with van der Waals surface area (Å²) in [5, 5.41) is 0.293. The topological polar surface area (TPSA) is 72.0 Å². The molecule has 0 aliphatic rings. The van der Waals surface area contributed by atoms with Crippen LogP contribution in [0.25, 0.3) is 0 Å². The van der Waals surface area contributed by atoms with Crippen LogP contribution in [0.5, 0.6) is 0 Å². The smallest absolute Gasteiger partial charge is 0.263 e. The number of hydrogen-bond donors (Lipinski definition) is 1. The second kappa shape index (κ2) is 5.30. The van der Waals surface area contributed by atoms with Crippen molar-refractivity contribution in [1.29, 1.82) is 0 Å². The van der Waals surface area contributed by atoms with E-state index in [0.717, 1.165) is 11.3 Å². The number of halogens is 3. The van der Waals surface area contributed by atoms with Gasteiger partial charge in [-0.1, -0.05) is 11.6 Å². The van der Waals surface area contributed by atoms with Gasteiger partial charge in [0.2, 0.25) is 5.28 Å². The Bertz CT molecular complexity index is 670. The maximum Gasteiger partial charge on any atom is 0.272 e. The summed E-state index contributed by atoms with van der Waals surface area (Å²) in [6, 6.07) is 2.75. The Morgan fingerprint density at radius 1 is 1.39 bits per heavy atom. The van der Waals surface area contributed by atoms with Crippen LogP contribution >= 0.6 is 50.5 Å². The Balaban J connectivity index is 2.33. The van der Waals surface area contributed by atoms with E-state index in [2.05, 4.69) is 30.6 Å². The molecule has 2 rings (SSSR count). The van der Waals surface area contributed by atoms with E-state index < -0.39 is 10.0 Å². The van der Waals surface area contributed by atoms with E-state index in [1.165, 1.54) is 18.3 Å². The Kier molecular flexibility index (Phi) is 4.12. The van der Waals surface area contributed by atoms with Gasteiger partial charge in [-0.3, -0.25) is 4.72 Å². The van der Waals surface area contributed by atoms with Crippen molar-refractivity contribution in [3.05, 3.63) is 32.4 Å². The van der Waals surface area contributed by atoms with E-state index in [0.29, 0.717) is 8.81 Å². The fraction of sp³-hybridized carbons (Fsp3) is 0. The van der Waals surface area contributed by atoms with E-state index in [-0.39, 0.29) is 15.3 Å². The molecule has 18 heavy (non-hydrogen) atoms. The Morgan fingerprint density at radius 3 is 2.67 bits per heavy atom. The summed E-state index contributed by atoms with van der Waals surface area (Å²) in [6.45, 7) is 0. The zero-order valence-electron chi connectivity index (χ0n) is 8.39. The van der Waals surface area contributed by atoms with Crippen LogP contribution in [0.15, 0.2) is 26.3 Å². The van der Waals surface area contributed by atoms with Gasteiger partial charge >= 0.3 is 0 Å². The fourth-order valence-corrected chi connectivity index (χ4v) is 4.59. The summed E-state index contributed by atoms with van der Waals surface area (Å²) in [7, 11) is -3.73. The summed E-state index contributed by atoms with van der Waals surface area (Å²) in [5.41, 5.74) is 0. The van der Waals surface area contributed by atoms with Gasteiger partial charge in [0.1, 0.15) is 10.0 Å². The zero-order chi connectivity index (χ0) is 13.3. The molecule has 0 bridgehead atoms. The summed E-state index contributed by atoms with van der Waals surface area (Å²) < 4.78 is 26.9. The van der Waals surface area contributed by atoms with Crippen molar-refractivity contribution in [2.45, 2.75) is 4.21 Å². The molecule has 0 saturated heterocycles. The van der Waals surface area contributed by atoms with Crippen LogP contribution in [0.4, 0.5) is 5.82 Å². The second-order valence-corrected chi connectivity index (χ2v) is 8.03. The molecule has 0 radical (unpaired) electrons. The molecule has 0 aliphatic carbocycles. The predicted octanol–water partition coefficient (Wildman–Crippen LogP) is 3.41. The molecule has 0 atom stereocenters. The average molecular weight is 389 g/mol. The first-order chi connectivity index (χ1) is 8.38. The molecule has 2 heterocycles. The first-order valence-corrected chi connectivity index (χ1v) is 8.19. The molecular weight excluding hydrogens is 385 g/mol. The van der Waals surface area contributed by atoms with E-state index in [1.54, 1.807) is 0 Å². The van der Waals surface area contributed by atoms with Crippen molar-refractivity contribution >= 4 is 66.3 Å². The van der Waals surface area contributed by atoms with Gasteiger partial charge in [-0.15, -0.1) is 11.3 Å². The number of aromatic nitrogens is 2. The Hall–Kier alpha value is -0.410. The average Bonchev–Trinajstić information content (AvgIpc) is 2.59. The number of hydrogen-bond acceptors (Lipinski definition) is 5. The SMILES string of the molecule is O=S(=O)(Nc1ccnc(Cl)n1)c1cc(Cl)c(Br)s1. The van der Waals surface area contributed by atoms with Crippen molar-refractivity contribution in [2.24, 2.45) is 0 Å². The van der Waals surface area contributed by atoms with Crippen molar-refractivity contribution < 1.29 is 8.42 Å². The summed E-state index contributed by atoms with van der Waals surface area (Å²) >= 11 is 15.5. The van der Waals surface area contributed by atoms with Gasteiger partial charge in [0.15, 0.2) is 0 Å². The first kappa shape index (κ1) is 14.0. The predicted molar refractivity (Wildman–Crippen MR) is 74.9 cm³/mol. The highest BCUT2D eigenvalue weighted by molar-refractivity contribution is 9.11. The van der Waals surface area contributed by atoms with Crippen LogP contribution < -0.4 is 4.72 Å². The first-order valence-electron chi connectivity index (χ1n) is 4.35. The van der Waals surface area contributed by atoms with Gasteiger partial charge in [0.05, 0.1) is 8.81 Å². The van der Waals surface area contributed by atoms with Crippen molar-refractivity contribution in [2.75, 3.05) is 4.72 Å². The fourth-order valence-electron chi connectivity index (χ4n) is 1.04. The van der Waals surface area contributed by atoms with E-state index in [4.69, 9.17) is 23.2 Å². The maximum atomic E-state index is 12.0. The van der Waals surface area contributed by atoms with Gasteiger partial charge < -0.3 is 0 Å². The summed E-state index contributed by atoms with van der Waals surface area (Å²) in [6.07, 6.45) is 1.35. The third-order valence-electron chi connectivity index (χ3n) is 1.75. The normalized spacial score (nSPS) is 11.5. The van der Waals surface area contributed by atoms with E-state index in [1.807, 2.05) is 0 Å². The van der Waals surface area contributed by atoms with Gasteiger partial charge in [-0.25, -0.2) is 13.4 Å². The molecule has 0 unspecified atom stereocenters. The quantitative estimate of drug-likeness (QED) is 0.817. The molecule has 96 valence electrons. The van der Waals surface area contributed by atoms with Crippen molar-refractivity contribution in [3.63, 3.8) is 0 Å². The lowest BCUT2D eigenvalue weighted by Gasteiger charge is -2.04. The lowest BCUT2D eigenvalue weighted by Crippen LogP contribution is -2.12. The van der Waals surface area contributed by atoms with Crippen LogP contribution in [0, 0.1) is 0 Å². The second-order valence-electron chi connectivity index (χ2n) is 3.00. The van der Waals surface area contributed by atoms with Crippen LogP contribution in [-0.4, -0.2) is 18.4 Å². The maximum absolute atomic E-state index is 12.0. The third-order valence-corrected chi connectivity index (χ3v) is 6.24. The lowest BCUT2D eigenvalue weighted by molar-refractivity contribution is 0.603. The van der Waals surface area contributed by atoms with E-state index >= 15 is 0 Å². The molecule has 10 heteroatoms. The van der Waals surface area contributed by atoms with Crippen LogP contribution in [0.1, 0.15) is 0 Å². The number of sulfonamides is 1. The third kappa shape index (κ3) is 3.12. The van der Waals surface area contributed by atoms with E-state index in [9.17, 15) is 8.42 Å². The highest BCUT2D eigenvalue weighted by Crippen LogP contribution is 2.35. The largest absolute Gasteiger partial charge is 0.272 e. The molecule has 0 fully saturated rings. The Labute approximate surface area is 125 Å². The number of nitrogens with one attached hydrogen (secondary N) is 1. The monoisotopic (exact) mass is 387 g/mol. The van der Waals surface area contributed by atoms with Crippen molar-refractivity contribution in [3.8, 4) is 0 Å². The minimum atomic E-state index is -3.73. The van der Waals surface area contributed by atoms with Gasteiger partial charge in [-0.2, -0.15) is 4.98 Å². The molecule has 0 amide bonds. The molecule has 0 spiro atoms. The highest BCUT2D eigenvalue weighted by atomic mass is 79.9. The lowest BCUT2D eigenvalue weighted by atomic mass is 10.6. The summed E-state index contributed by atoms with van der Waals surface area (Å²) in [5.74, 6) is 0.0932. The molecule has 2 aromatic heterocycles. The minimum absolute atomic E-state index is 0.0411. The van der Waals surface area contributed by atoms with Crippen LogP contribution in [0.3, 0.4) is 0 Å². The number of thiophene rings is 1. The highest BCUT2D eigenvalue weighted by Gasteiger charge is 2.19. The minimum Gasteiger partial charge on any atom is -0.263 e. The molecule has 0 aliphatic heterocycles. The molecule has 0 aromatic carbocycles. The number of anilines is 1. The molecule has 1 N–H and O–H groups in total. The molecular formula is C8H4BrCl2N3O2S2. The van der Waals surface area contributed by atoms with Gasteiger partial charge in [-0.05, 0) is 39.7 Å². The van der Waals surface area contributed by atoms with Gasteiger partial charge in [0.25, 0.3) is 10.0 Å². The molecule has 2 aromatic rings. The summed E-state index contributed by atoms with van der Waals surface area (Å²) in [4.78, 5) is 7.39. The zero-order valence-corrected chi connectivity index (χ0v) is 13.1. The van der Waals surface area contributed by atoms with Gasteiger partial charge in [0, 0.05) is 6.20 Å². The van der Waals surface area contributed by atoms with Crippen LogP contribution in [-0.2, 0) is 10.0 Å². The number of rotatable bonds is 3. The molecule has 0 saturated carbocycles. The number of nitrogens with zero attached hydrogens (tertiary/aromatic N) is 2. The van der Waals surface area contributed by atoms with Crippen LogP contribution in [0.2, 0.25) is 10.3 Å². The van der Waals surface area contributed by atoms with Crippen molar-refractivity contribution in [1.82, 2.24) is 9.97 Å². The Morgan fingerprint density at radius 2 is 2.11 bits per heavy atom.